The van der Waals surface area contributed by atoms with Crippen LogP contribution >= 0.6 is 23.1 Å². The van der Waals surface area contributed by atoms with Crippen molar-refractivity contribution < 1.29 is 4.79 Å². The monoisotopic (exact) mass is 267 g/mol. The third kappa shape index (κ3) is 2.58. The molecule has 0 spiro atoms. The third-order valence-electron chi connectivity index (χ3n) is 3.56. The predicted octanol–water partition coefficient (Wildman–Crippen LogP) is 3.84. The molecule has 92 valence electrons. The standard InChI is InChI=1S/C13H17NOS2/c15-11-7-3-6-10-13(11)17-12(14-10)8-16-9-4-1-2-5-9/h9H,1-8H2. The number of nitrogens with zero attached hydrogens (tertiary/aromatic N) is 1. The Labute approximate surface area is 110 Å². The fraction of sp³-hybridized carbons (Fsp3) is 0.692. The minimum atomic E-state index is 0.320. The summed E-state index contributed by atoms with van der Waals surface area (Å²) >= 11 is 3.68. The van der Waals surface area contributed by atoms with Gasteiger partial charge in [0.2, 0.25) is 0 Å². The summed E-state index contributed by atoms with van der Waals surface area (Å²) in [5, 5.41) is 2.01. The first kappa shape index (κ1) is 11.7. The molecule has 0 bridgehead atoms. The number of thioether (sulfide) groups is 1. The summed E-state index contributed by atoms with van der Waals surface area (Å²) in [6.45, 7) is 0. The minimum absolute atomic E-state index is 0.320. The fourth-order valence-corrected chi connectivity index (χ4v) is 5.05. The van der Waals surface area contributed by atoms with Gasteiger partial charge in [0, 0.05) is 17.4 Å². The van der Waals surface area contributed by atoms with Crippen molar-refractivity contribution in [1.29, 1.82) is 0 Å². The highest BCUT2D eigenvalue weighted by molar-refractivity contribution is 7.99. The highest BCUT2D eigenvalue weighted by Gasteiger charge is 2.23. The summed E-state index contributed by atoms with van der Waals surface area (Å²) in [7, 11) is 0. The number of rotatable bonds is 3. The molecule has 1 aromatic rings. The Morgan fingerprint density at radius 1 is 1.24 bits per heavy atom. The van der Waals surface area contributed by atoms with Crippen LogP contribution in [-0.4, -0.2) is 16.0 Å². The second kappa shape index (κ2) is 5.11. The Hall–Kier alpha value is -0.350. The van der Waals surface area contributed by atoms with E-state index in [4.69, 9.17) is 0 Å². The number of aryl methyl sites for hydroxylation is 1. The summed E-state index contributed by atoms with van der Waals surface area (Å²) in [6, 6.07) is 0. The number of hydrogen-bond donors (Lipinski definition) is 0. The van der Waals surface area contributed by atoms with Gasteiger partial charge in [-0.25, -0.2) is 4.98 Å². The minimum Gasteiger partial charge on any atom is -0.293 e. The smallest absolute Gasteiger partial charge is 0.174 e. The Kier molecular flexibility index (Phi) is 3.52. The van der Waals surface area contributed by atoms with E-state index in [1.54, 1.807) is 11.3 Å². The molecule has 0 aromatic carbocycles. The van der Waals surface area contributed by atoms with Crippen LogP contribution < -0.4 is 0 Å². The van der Waals surface area contributed by atoms with Crippen LogP contribution in [0.15, 0.2) is 0 Å². The molecule has 1 aromatic heterocycles. The number of aromatic nitrogens is 1. The Morgan fingerprint density at radius 3 is 2.82 bits per heavy atom. The van der Waals surface area contributed by atoms with Gasteiger partial charge in [0.1, 0.15) is 5.01 Å². The lowest BCUT2D eigenvalue weighted by atomic mass is 10.0. The maximum Gasteiger partial charge on any atom is 0.174 e. The van der Waals surface area contributed by atoms with Crippen molar-refractivity contribution in [3.63, 3.8) is 0 Å². The van der Waals surface area contributed by atoms with Gasteiger partial charge in [0.25, 0.3) is 0 Å². The molecule has 0 radical (unpaired) electrons. The molecule has 17 heavy (non-hydrogen) atoms. The highest BCUT2D eigenvalue weighted by atomic mass is 32.2. The molecule has 0 aliphatic heterocycles. The zero-order valence-corrected chi connectivity index (χ0v) is 11.5. The quantitative estimate of drug-likeness (QED) is 0.833. The van der Waals surface area contributed by atoms with Crippen LogP contribution in [0, 0.1) is 0 Å². The van der Waals surface area contributed by atoms with Crippen LogP contribution in [0.5, 0.6) is 0 Å². The van der Waals surface area contributed by atoms with Gasteiger partial charge in [-0.15, -0.1) is 11.3 Å². The molecule has 0 unspecified atom stereocenters. The Morgan fingerprint density at radius 2 is 2.06 bits per heavy atom. The zero-order chi connectivity index (χ0) is 11.7. The van der Waals surface area contributed by atoms with Gasteiger partial charge in [0.05, 0.1) is 10.6 Å². The van der Waals surface area contributed by atoms with Crippen LogP contribution in [0.1, 0.15) is 58.9 Å². The largest absolute Gasteiger partial charge is 0.293 e. The van der Waals surface area contributed by atoms with Gasteiger partial charge in [-0.1, -0.05) is 12.8 Å². The van der Waals surface area contributed by atoms with Crippen LogP contribution in [0.4, 0.5) is 0 Å². The van der Waals surface area contributed by atoms with Crippen molar-refractivity contribution in [2.24, 2.45) is 0 Å². The number of thiazole rings is 1. The lowest BCUT2D eigenvalue weighted by Gasteiger charge is -2.06. The summed E-state index contributed by atoms with van der Waals surface area (Å²) in [4.78, 5) is 17.3. The molecular weight excluding hydrogens is 250 g/mol. The lowest BCUT2D eigenvalue weighted by molar-refractivity contribution is 0.0976. The first-order chi connectivity index (χ1) is 8.33. The number of ketones is 1. The summed E-state index contributed by atoms with van der Waals surface area (Å²) < 4.78 is 0. The van der Waals surface area contributed by atoms with Gasteiger partial charge in [-0.05, 0) is 25.7 Å². The van der Waals surface area contributed by atoms with E-state index in [-0.39, 0.29) is 0 Å². The van der Waals surface area contributed by atoms with Gasteiger partial charge in [0.15, 0.2) is 5.78 Å². The average molecular weight is 267 g/mol. The first-order valence-corrected chi connectivity index (χ1v) is 8.33. The highest BCUT2D eigenvalue weighted by Crippen LogP contribution is 2.34. The maximum atomic E-state index is 11.7. The molecule has 3 rings (SSSR count). The molecule has 2 aliphatic carbocycles. The van der Waals surface area contributed by atoms with Crippen LogP contribution in [-0.2, 0) is 12.2 Å². The van der Waals surface area contributed by atoms with Crippen LogP contribution in [0.3, 0.4) is 0 Å². The molecule has 1 saturated carbocycles. The summed E-state index contributed by atoms with van der Waals surface area (Å²) in [6.07, 6.45) is 8.25. The molecule has 1 heterocycles. The van der Waals surface area contributed by atoms with Gasteiger partial charge < -0.3 is 0 Å². The van der Waals surface area contributed by atoms with E-state index in [9.17, 15) is 4.79 Å². The van der Waals surface area contributed by atoms with Gasteiger partial charge in [-0.3, -0.25) is 4.79 Å². The zero-order valence-electron chi connectivity index (χ0n) is 9.91. The molecule has 0 saturated heterocycles. The van der Waals surface area contributed by atoms with Crippen molar-refractivity contribution in [3.05, 3.63) is 15.6 Å². The van der Waals surface area contributed by atoms with Crippen LogP contribution in [0.2, 0.25) is 0 Å². The molecule has 0 amide bonds. The van der Waals surface area contributed by atoms with Crippen molar-refractivity contribution in [3.8, 4) is 0 Å². The van der Waals surface area contributed by atoms with Crippen molar-refractivity contribution in [2.75, 3.05) is 0 Å². The van der Waals surface area contributed by atoms with E-state index in [0.717, 1.165) is 40.8 Å². The first-order valence-electron chi connectivity index (χ1n) is 6.46. The van der Waals surface area contributed by atoms with Crippen LogP contribution in [0.25, 0.3) is 0 Å². The number of carbonyl (C=O) groups excluding carboxylic acids is 1. The number of hydrogen-bond acceptors (Lipinski definition) is 4. The van der Waals surface area contributed by atoms with Crippen molar-refractivity contribution in [2.45, 2.75) is 55.9 Å². The van der Waals surface area contributed by atoms with Crippen molar-refractivity contribution >= 4 is 28.9 Å². The van der Waals surface area contributed by atoms with Gasteiger partial charge in [-0.2, -0.15) is 11.8 Å². The number of Topliss-reactive ketones (excluding diaryl/α,β-unsaturated/α-hetero) is 1. The molecule has 2 nitrogen and oxygen atoms in total. The number of fused-ring (bicyclic) bond motifs is 1. The van der Waals surface area contributed by atoms with Gasteiger partial charge >= 0.3 is 0 Å². The summed E-state index contributed by atoms with van der Waals surface area (Å²) in [5.41, 5.74) is 1.08. The Bertz CT molecular complexity index is 421. The predicted molar refractivity (Wildman–Crippen MR) is 72.9 cm³/mol. The normalized spacial score (nSPS) is 20.8. The second-order valence-corrected chi connectivity index (χ2v) is 7.25. The molecule has 0 atom stereocenters. The second-order valence-electron chi connectivity index (χ2n) is 4.88. The van der Waals surface area contributed by atoms with E-state index in [0.29, 0.717) is 5.78 Å². The molecule has 0 N–H and O–H groups in total. The lowest BCUT2D eigenvalue weighted by Crippen LogP contribution is -2.07. The van der Waals surface area contributed by atoms with E-state index >= 15 is 0 Å². The number of carbonyl (C=O) groups is 1. The van der Waals surface area contributed by atoms with E-state index in [1.165, 1.54) is 30.7 Å². The van der Waals surface area contributed by atoms with E-state index in [2.05, 4.69) is 4.98 Å². The topological polar surface area (TPSA) is 30.0 Å². The van der Waals surface area contributed by atoms with E-state index < -0.39 is 0 Å². The summed E-state index contributed by atoms with van der Waals surface area (Å²) in [5.74, 6) is 1.33. The molecule has 2 aliphatic rings. The fourth-order valence-electron chi connectivity index (χ4n) is 2.62. The molecular formula is C13H17NOS2. The Balaban J connectivity index is 1.65. The molecule has 1 fully saturated rings. The van der Waals surface area contributed by atoms with E-state index in [1.807, 2.05) is 11.8 Å². The maximum absolute atomic E-state index is 11.7. The third-order valence-corrected chi connectivity index (χ3v) is 6.26. The van der Waals surface area contributed by atoms with Crippen molar-refractivity contribution in [1.82, 2.24) is 4.98 Å². The average Bonchev–Trinajstić information content (AvgIpc) is 2.95. The SMILES string of the molecule is O=C1CCCc2nc(CSC3CCCC3)sc21. The molecule has 4 heteroatoms.